The summed E-state index contributed by atoms with van der Waals surface area (Å²) in [5.41, 5.74) is 1.05. The van der Waals surface area contributed by atoms with Crippen molar-refractivity contribution in [2.24, 2.45) is 0 Å². The van der Waals surface area contributed by atoms with E-state index in [1.54, 1.807) is 12.1 Å². The van der Waals surface area contributed by atoms with Crippen molar-refractivity contribution in [3.63, 3.8) is 0 Å². The topological polar surface area (TPSA) is 26.3 Å². The molecule has 15 heavy (non-hydrogen) atoms. The zero-order valence-corrected chi connectivity index (χ0v) is 8.78. The molecule has 0 radical (unpaired) electrons. The van der Waals surface area contributed by atoms with Gasteiger partial charge in [0.15, 0.2) is 5.75 Å². The second-order valence-electron chi connectivity index (χ2n) is 3.49. The Morgan fingerprint density at radius 2 is 1.93 bits per heavy atom. The molecule has 0 heterocycles. The molecule has 0 saturated carbocycles. The fourth-order valence-electron chi connectivity index (χ4n) is 1.66. The Kier molecular flexibility index (Phi) is 2.42. The maximum Gasteiger partial charge on any atom is 0.220 e. The average molecular weight is 200 g/mol. The third-order valence-corrected chi connectivity index (χ3v) is 2.51. The number of ether oxygens (including phenoxy) is 1. The van der Waals surface area contributed by atoms with E-state index in [9.17, 15) is 4.79 Å². The minimum Gasteiger partial charge on any atom is -0.493 e. The lowest BCUT2D eigenvalue weighted by Crippen LogP contribution is -1.99. The first-order valence-electron chi connectivity index (χ1n) is 4.80. The monoisotopic (exact) mass is 200 g/mol. The quantitative estimate of drug-likeness (QED) is 0.707. The highest BCUT2D eigenvalue weighted by Gasteiger charge is 2.00. The fraction of sp³-hybridized carbons (Fsp3) is 0.154. The molecule has 0 aromatic heterocycles. The molecule has 2 rings (SSSR count). The summed E-state index contributed by atoms with van der Waals surface area (Å²) in [6, 6.07) is 11.2. The van der Waals surface area contributed by atoms with Crippen LogP contribution in [-0.4, -0.2) is 7.11 Å². The molecule has 2 nitrogen and oxygen atoms in total. The lowest BCUT2D eigenvalue weighted by atomic mass is 10.1. The van der Waals surface area contributed by atoms with Gasteiger partial charge in [-0.1, -0.05) is 24.3 Å². The number of hydrogen-bond donors (Lipinski definition) is 0. The summed E-state index contributed by atoms with van der Waals surface area (Å²) in [4.78, 5) is 11.5. The van der Waals surface area contributed by atoms with E-state index in [4.69, 9.17) is 4.74 Å². The molecule has 0 bridgehead atoms. The van der Waals surface area contributed by atoms with E-state index in [1.807, 2.05) is 31.2 Å². The number of fused-ring (bicyclic) bond motifs is 1. The van der Waals surface area contributed by atoms with Crippen LogP contribution in [0.2, 0.25) is 0 Å². The van der Waals surface area contributed by atoms with Crippen LogP contribution in [0.15, 0.2) is 41.2 Å². The second kappa shape index (κ2) is 3.73. The van der Waals surface area contributed by atoms with Crippen LogP contribution < -0.4 is 10.2 Å². The van der Waals surface area contributed by atoms with E-state index in [2.05, 4.69) is 0 Å². The van der Waals surface area contributed by atoms with E-state index < -0.39 is 0 Å². The van der Waals surface area contributed by atoms with E-state index in [1.165, 1.54) is 7.11 Å². The van der Waals surface area contributed by atoms with E-state index in [-0.39, 0.29) is 5.43 Å². The Morgan fingerprint density at radius 3 is 2.67 bits per heavy atom. The van der Waals surface area contributed by atoms with Gasteiger partial charge in [-0.05, 0) is 35.4 Å². The van der Waals surface area contributed by atoms with Crippen LogP contribution in [0.1, 0.15) is 5.56 Å². The maximum absolute atomic E-state index is 11.5. The molecule has 0 fully saturated rings. The number of rotatable bonds is 1. The van der Waals surface area contributed by atoms with E-state index in [0.29, 0.717) is 5.75 Å². The maximum atomic E-state index is 11.5. The molecule has 0 unspecified atom stereocenters. The van der Waals surface area contributed by atoms with Crippen molar-refractivity contribution in [1.29, 1.82) is 0 Å². The average Bonchev–Trinajstić information content (AvgIpc) is 2.40. The fourth-order valence-corrected chi connectivity index (χ4v) is 1.66. The van der Waals surface area contributed by atoms with E-state index in [0.717, 1.165) is 16.3 Å². The van der Waals surface area contributed by atoms with Crippen molar-refractivity contribution < 1.29 is 4.74 Å². The van der Waals surface area contributed by atoms with Crippen LogP contribution in [0, 0.1) is 6.92 Å². The van der Waals surface area contributed by atoms with Crippen LogP contribution in [0.25, 0.3) is 10.8 Å². The molecule has 76 valence electrons. The Hall–Kier alpha value is -1.83. The number of benzene rings is 1. The Labute approximate surface area is 88.1 Å². The summed E-state index contributed by atoms with van der Waals surface area (Å²) in [6.07, 6.45) is 0. The molecule has 2 heteroatoms. The molecule has 0 amide bonds. The summed E-state index contributed by atoms with van der Waals surface area (Å²) in [6.45, 7) is 2.02. The molecule has 2 aromatic rings. The Bertz CT molecular complexity index is 559. The van der Waals surface area contributed by atoms with Gasteiger partial charge in [-0.2, -0.15) is 0 Å². The van der Waals surface area contributed by atoms with Gasteiger partial charge in [0, 0.05) is 0 Å². The Morgan fingerprint density at radius 1 is 1.13 bits per heavy atom. The highest BCUT2D eigenvalue weighted by molar-refractivity contribution is 5.85. The summed E-state index contributed by atoms with van der Waals surface area (Å²) in [5.74, 6) is 0.388. The van der Waals surface area contributed by atoms with Gasteiger partial charge >= 0.3 is 0 Å². The highest BCUT2D eigenvalue weighted by atomic mass is 16.5. The van der Waals surface area contributed by atoms with Gasteiger partial charge in [-0.25, -0.2) is 0 Å². The smallest absolute Gasteiger partial charge is 0.220 e. The van der Waals surface area contributed by atoms with Gasteiger partial charge < -0.3 is 4.74 Å². The van der Waals surface area contributed by atoms with Gasteiger partial charge in [0.1, 0.15) is 0 Å². The molecular formula is C13H12O2. The number of aryl methyl sites for hydroxylation is 1. The SMILES string of the molecule is COc1cc2c(C)cccc2ccc1=O. The standard InChI is InChI=1S/C13H12O2/c1-9-4-3-5-10-6-7-12(14)13(15-2)8-11(9)10/h3-8H,1-2H3. The van der Waals surface area contributed by atoms with Crippen LogP contribution in [0.5, 0.6) is 5.75 Å². The largest absolute Gasteiger partial charge is 0.493 e. The third-order valence-electron chi connectivity index (χ3n) is 2.51. The first-order valence-corrected chi connectivity index (χ1v) is 4.80. The minimum absolute atomic E-state index is 0.0897. The first kappa shape index (κ1) is 9.71. The van der Waals surface area contributed by atoms with Crippen LogP contribution >= 0.6 is 0 Å². The summed E-state index contributed by atoms with van der Waals surface area (Å²) in [7, 11) is 1.51. The predicted molar refractivity (Wildman–Crippen MR) is 61.5 cm³/mol. The van der Waals surface area contributed by atoms with Crippen molar-refractivity contribution in [2.45, 2.75) is 6.92 Å². The van der Waals surface area contributed by atoms with Crippen LogP contribution in [0.3, 0.4) is 0 Å². The molecule has 0 spiro atoms. The van der Waals surface area contributed by atoms with Crippen LogP contribution in [0.4, 0.5) is 0 Å². The van der Waals surface area contributed by atoms with Crippen molar-refractivity contribution >= 4 is 10.8 Å². The van der Waals surface area contributed by atoms with Crippen molar-refractivity contribution in [3.05, 3.63) is 52.2 Å². The molecule has 0 aliphatic heterocycles. The Balaban J connectivity index is 2.94. The van der Waals surface area contributed by atoms with Crippen LogP contribution in [-0.2, 0) is 0 Å². The summed E-state index contributed by atoms with van der Waals surface area (Å²) in [5, 5.41) is 2.10. The highest BCUT2D eigenvalue weighted by Crippen LogP contribution is 2.19. The lowest BCUT2D eigenvalue weighted by molar-refractivity contribution is 0.412. The third kappa shape index (κ3) is 1.71. The summed E-state index contributed by atoms with van der Waals surface area (Å²) < 4.78 is 5.06. The lowest BCUT2D eigenvalue weighted by Gasteiger charge is -1.98. The van der Waals surface area contributed by atoms with Crippen molar-refractivity contribution in [1.82, 2.24) is 0 Å². The van der Waals surface area contributed by atoms with Gasteiger partial charge in [-0.15, -0.1) is 0 Å². The first-order chi connectivity index (χ1) is 7.22. The minimum atomic E-state index is -0.0897. The van der Waals surface area contributed by atoms with Gasteiger partial charge in [0.05, 0.1) is 7.11 Å². The molecule has 0 N–H and O–H groups in total. The zero-order valence-electron chi connectivity index (χ0n) is 8.78. The summed E-state index contributed by atoms with van der Waals surface area (Å²) >= 11 is 0. The van der Waals surface area contributed by atoms with Gasteiger partial charge in [0.2, 0.25) is 5.43 Å². The van der Waals surface area contributed by atoms with E-state index >= 15 is 0 Å². The molecular weight excluding hydrogens is 188 g/mol. The van der Waals surface area contributed by atoms with Crippen molar-refractivity contribution in [2.75, 3.05) is 7.11 Å². The molecule has 0 atom stereocenters. The number of methoxy groups -OCH3 is 1. The molecule has 0 aliphatic carbocycles. The number of hydrogen-bond acceptors (Lipinski definition) is 2. The van der Waals surface area contributed by atoms with Gasteiger partial charge in [0.25, 0.3) is 0 Å². The normalized spacial score (nSPS) is 10.3. The van der Waals surface area contributed by atoms with Gasteiger partial charge in [-0.3, -0.25) is 4.79 Å². The predicted octanol–water partition coefficient (Wildman–Crippen LogP) is 2.52. The molecule has 0 aliphatic rings. The molecule has 2 aromatic carbocycles. The zero-order chi connectivity index (χ0) is 10.8. The molecule has 0 saturated heterocycles. The second-order valence-corrected chi connectivity index (χ2v) is 3.49. The van der Waals surface area contributed by atoms with Crippen molar-refractivity contribution in [3.8, 4) is 5.75 Å².